The Hall–Kier alpha value is -3.00. The van der Waals surface area contributed by atoms with Crippen molar-refractivity contribution in [2.24, 2.45) is 11.8 Å². The molecule has 1 aliphatic carbocycles. The van der Waals surface area contributed by atoms with Gasteiger partial charge in [-0.05, 0) is 59.6 Å². The average Bonchev–Trinajstić information content (AvgIpc) is 3.39. The highest BCUT2D eigenvalue weighted by Crippen LogP contribution is 2.60. The van der Waals surface area contributed by atoms with Gasteiger partial charge in [0.2, 0.25) is 17.7 Å². The third kappa shape index (κ3) is 4.19. The molecular weight excluding hydrogens is 470 g/mol. The Morgan fingerprint density at radius 3 is 2.41 bits per heavy atom. The van der Waals surface area contributed by atoms with Gasteiger partial charge in [-0.2, -0.15) is 0 Å². The van der Waals surface area contributed by atoms with Gasteiger partial charge < -0.3 is 15.4 Å². The standard InChI is InChI=1S/C29H37N3O5/c1-17(33)18-10-9-13-20(16-18)32-23(25(35)31-27(2,3)4)29-15-14-28(5,37-29)21(22(29)26(32)36)24(34)30-19-11-7-6-8-12-19/h9-10,13-16,19,21-23H,6-8,11-12H2,1-5H3,(H,30,34)(H,31,35)/t21-,22+,23-,28+,29+/m0/s1. The number of nitrogens with one attached hydrogen (secondary N) is 2. The van der Waals surface area contributed by atoms with Crippen molar-refractivity contribution < 1.29 is 23.9 Å². The smallest absolute Gasteiger partial charge is 0.246 e. The maximum absolute atomic E-state index is 14.3. The predicted molar refractivity (Wildman–Crippen MR) is 139 cm³/mol. The zero-order valence-corrected chi connectivity index (χ0v) is 22.3. The molecule has 198 valence electrons. The second-order valence-electron chi connectivity index (χ2n) is 12.2. The number of carbonyl (C=O) groups is 4. The van der Waals surface area contributed by atoms with Gasteiger partial charge in [0, 0.05) is 22.8 Å². The molecule has 3 amide bonds. The van der Waals surface area contributed by atoms with E-state index in [9.17, 15) is 19.2 Å². The van der Waals surface area contributed by atoms with E-state index in [4.69, 9.17) is 4.74 Å². The molecule has 3 fully saturated rings. The zero-order chi connectivity index (χ0) is 26.8. The van der Waals surface area contributed by atoms with Gasteiger partial charge in [-0.3, -0.25) is 24.1 Å². The van der Waals surface area contributed by atoms with Gasteiger partial charge in [-0.1, -0.05) is 43.5 Å². The van der Waals surface area contributed by atoms with Crippen molar-refractivity contribution in [2.45, 2.75) is 95.5 Å². The number of amides is 3. The van der Waals surface area contributed by atoms with Crippen LogP contribution in [0, 0.1) is 11.8 Å². The van der Waals surface area contributed by atoms with Crippen molar-refractivity contribution in [2.75, 3.05) is 4.90 Å². The number of ketones is 1. The summed E-state index contributed by atoms with van der Waals surface area (Å²) in [5.41, 5.74) is -1.96. The number of benzene rings is 1. The van der Waals surface area contributed by atoms with Crippen LogP contribution in [0.25, 0.3) is 0 Å². The third-order valence-electron chi connectivity index (χ3n) is 8.21. The number of anilines is 1. The highest BCUT2D eigenvalue weighted by Gasteiger charge is 2.76. The van der Waals surface area contributed by atoms with E-state index in [2.05, 4.69) is 10.6 Å². The van der Waals surface area contributed by atoms with Crippen molar-refractivity contribution in [3.63, 3.8) is 0 Å². The van der Waals surface area contributed by atoms with Crippen molar-refractivity contribution in [3.05, 3.63) is 42.0 Å². The fourth-order valence-corrected chi connectivity index (χ4v) is 6.66. The Balaban J connectivity index is 1.58. The fraction of sp³-hybridized carbons (Fsp3) is 0.586. The first-order valence-corrected chi connectivity index (χ1v) is 13.3. The van der Waals surface area contributed by atoms with E-state index in [0.29, 0.717) is 11.3 Å². The minimum atomic E-state index is -1.29. The van der Waals surface area contributed by atoms with E-state index in [1.807, 2.05) is 39.8 Å². The van der Waals surface area contributed by atoms with Crippen LogP contribution in [0.1, 0.15) is 77.1 Å². The van der Waals surface area contributed by atoms with Crippen LogP contribution in [0.4, 0.5) is 5.69 Å². The summed E-state index contributed by atoms with van der Waals surface area (Å²) in [5, 5.41) is 6.21. The molecule has 0 unspecified atom stereocenters. The summed E-state index contributed by atoms with van der Waals surface area (Å²) in [5.74, 6) is -2.67. The van der Waals surface area contributed by atoms with Gasteiger partial charge >= 0.3 is 0 Å². The van der Waals surface area contributed by atoms with Gasteiger partial charge in [0.1, 0.15) is 11.6 Å². The molecule has 3 heterocycles. The molecule has 5 rings (SSSR count). The third-order valence-corrected chi connectivity index (χ3v) is 8.21. The Morgan fingerprint density at radius 2 is 1.76 bits per heavy atom. The number of Topliss-reactive ketones (excluding diaryl/α,β-unsaturated/α-hetero) is 1. The Morgan fingerprint density at radius 1 is 1.05 bits per heavy atom. The Bertz CT molecular complexity index is 1180. The average molecular weight is 508 g/mol. The molecule has 37 heavy (non-hydrogen) atoms. The topological polar surface area (TPSA) is 105 Å². The molecule has 2 bridgehead atoms. The number of fused-ring (bicyclic) bond motifs is 1. The van der Waals surface area contributed by atoms with Crippen LogP contribution in [0.2, 0.25) is 0 Å². The molecule has 2 N–H and O–H groups in total. The van der Waals surface area contributed by atoms with Gasteiger partial charge in [-0.15, -0.1) is 0 Å². The molecule has 0 aromatic heterocycles. The van der Waals surface area contributed by atoms with Gasteiger partial charge in [0.15, 0.2) is 5.78 Å². The van der Waals surface area contributed by atoms with Crippen LogP contribution in [-0.2, 0) is 19.1 Å². The minimum absolute atomic E-state index is 0.0868. The van der Waals surface area contributed by atoms with Crippen LogP contribution in [0.3, 0.4) is 0 Å². The minimum Gasteiger partial charge on any atom is -0.356 e. The second-order valence-corrected chi connectivity index (χ2v) is 12.2. The maximum Gasteiger partial charge on any atom is 0.246 e. The molecule has 0 radical (unpaired) electrons. The normalized spacial score (nSPS) is 32.9. The number of rotatable bonds is 5. The van der Waals surface area contributed by atoms with E-state index < -0.39 is 34.6 Å². The SMILES string of the molecule is CC(=O)c1cccc(N2C(=O)[C@H]3[C@@H](C(=O)NC4CCCCC4)[C@@]4(C)C=C[C@]3(O4)[C@@H]2C(=O)NC(C)(C)C)c1. The van der Waals surface area contributed by atoms with Crippen LogP contribution >= 0.6 is 0 Å². The second kappa shape index (κ2) is 8.79. The van der Waals surface area contributed by atoms with E-state index in [0.717, 1.165) is 25.7 Å². The molecule has 4 aliphatic rings. The summed E-state index contributed by atoms with van der Waals surface area (Å²) >= 11 is 0. The molecule has 1 saturated carbocycles. The lowest BCUT2D eigenvalue weighted by molar-refractivity contribution is -0.135. The number of nitrogens with zero attached hydrogens (tertiary/aromatic N) is 1. The molecule has 3 aliphatic heterocycles. The summed E-state index contributed by atoms with van der Waals surface area (Å²) < 4.78 is 6.58. The summed E-state index contributed by atoms with van der Waals surface area (Å²) in [7, 11) is 0. The van der Waals surface area contributed by atoms with Gasteiger partial charge in [0.25, 0.3) is 0 Å². The summed E-state index contributed by atoms with van der Waals surface area (Å²) in [4.78, 5) is 55.4. The fourth-order valence-electron chi connectivity index (χ4n) is 6.66. The molecule has 2 saturated heterocycles. The van der Waals surface area contributed by atoms with Crippen LogP contribution in [0.5, 0.6) is 0 Å². The van der Waals surface area contributed by atoms with Crippen LogP contribution in [0.15, 0.2) is 36.4 Å². The molecule has 1 aromatic rings. The molecule has 8 nitrogen and oxygen atoms in total. The molecule has 1 spiro atoms. The predicted octanol–water partition coefficient (Wildman–Crippen LogP) is 3.30. The van der Waals surface area contributed by atoms with Crippen molar-refractivity contribution in [1.29, 1.82) is 0 Å². The van der Waals surface area contributed by atoms with Gasteiger partial charge in [-0.25, -0.2) is 0 Å². The number of carbonyl (C=O) groups excluding carboxylic acids is 4. The van der Waals surface area contributed by atoms with Crippen LogP contribution < -0.4 is 15.5 Å². The summed E-state index contributed by atoms with van der Waals surface area (Å²) in [6.45, 7) is 8.92. The quantitative estimate of drug-likeness (QED) is 0.470. The molecular formula is C29H37N3O5. The summed E-state index contributed by atoms with van der Waals surface area (Å²) in [6.07, 6.45) is 8.82. The van der Waals surface area contributed by atoms with Crippen LogP contribution in [-0.4, -0.2) is 52.3 Å². The first-order chi connectivity index (χ1) is 17.4. The highest BCUT2D eigenvalue weighted by atomic mass is 16.5. The van der Waals surface area contributed by atoms with Crippen molar-refractivity contribution >= 4 is 29.2 Å². The number of hydrogen-bond acceptors (Lipinski definition) is 5. The monoisotopic (exact) mass is 507 g/mol. The Kier molecular flexibility index (Phi) is 6.09. The van der Waals surface area contributed by atoms with E-state index in [1.165, 1.54) is 18.2 Å². The van der Waals surface area contributed by atoms with Gasteiger partial charge in [0.05, 0.1) is 17.4 Å². The number of hydrogen-bond donors (Lipinski definition) is 2. The maximum atomic E-state index is 14.3. The Labute approximate surface area is 218 Å². The molecule has 5 atom stereocenters. The lowest BCUT2D eigenvalue weighted by atomic mass is 9.70. The summed E-state index contributed by atoms with van der Waals surface area (Å²) in [6, 6.07) is 5.78. The zero-order valence-electron chi connectivity index (χ0n) is 22.3. The lowest BCUT2D eigenvalue weighted by Gasteiger charge is -2.35. The highest BCUT2D eigenvalue weighted by molar-refractivity contribution is 6.11. The lowest BCUT2D eigenvalue weighted by Crippen LogP contribution is -2.58. The number of ether oxygens (including phenoxy) is 1. The van der Waals surface area contributed by atoms with E-state index >= 15 is 0 Å². The van der Waals surface area contributed by atoms with Crippen molar-refractivity contribution in [1.82, 2.24) is 10.6 Å². The molecule has 1 aromatic carbocycles. The molecule has 8 heteroatoms. The van der Waals surface area contributed by atoms with E-state index in [-0.39, 0.29) is 29.5 Å². The van der Waals surface area contributed by atoms with Crippen molar-refractivity contribution in [3.8, 4) is 0 Å². The first-order valence-electron chi connectivity index (χ1n) is 13.3. The first kappa shape index (κ1) is 25.6. The van der Waals surface area contributed by atoms with E-state index in [1.54, 1.807) is 24.3 Å². The largest absolute Gasteiger partial charge is 0.356 e.